The first kappa shape index (κ1) is 22.0. The maximum atomic E-state index is 5.39. The summed E-state index contributed by atoms with van der Waals surface area (Å²) in [6.07, 6.45) is 32.4. The molecule has 1 aliphatic rings. The molecule has 0 saturated carbocycles. The summed E-state index contributed by atoms with van der Waals surface area (Å²) in [6.45, 7) is 0. The van der Waals surface area contributed by atoms with Crippen molar-refractivity contribution >= 4 is 0 Å². The van der Waals surface area contributed by atoms with Gasteiger partial charge in [0.25, 0.3) is 0 Å². The molecule has 0 spiro atoms. The van der Waals surface area contributed by atoms with Gasteiger partial charge in [-0.3, -0.25) is 0 Å². The quantitative estimate of drug-likeness (QED) is 0.573. The van der Waals surface area contributed by atoms with Crippen LogP contribution in [-0.2, 0) is 0 Å². The van der Waals surface area contributed by atoms with E-state index in [9.17, 15) is 0 Å². The zero-order valence-electron chi connectivity index (χ0n) is 15.5. The van der Waals surface area contributed by atoms with Crippen LogP contribution in [0.5, 0.6) is 0 Å². The van der Waals surface area contributed by atoms with Gasteiger partial charge in [0, 0.05) is 0 Å². The third-order valence-electron chi connectivity index (χ3n) is 2.93. The zero-order chi connectivity index (χ0) is 22.2. The minimum atomic E-state index is 0.148. The highest BCUT2D eigenvalue weighted by Gasteiger charge is 1.98. The second-order valence-electron chi connectivity index (χ2n) is 4.62. The number of hydrogen-bond donors (Lipinski definition) is 0. The van der Waals surface area contributed by atoms with Crippen molar-refractivity contribution in [1.82, 2.24) is 0 Å². The van der Waals surface area contributed by atoms with Crippen molar-refractivity contribution in [2.45, 2.75) is 0 Å². The standard InChI is InChI=1S/C30H6/c1-7-25(8-2)28-19-13-15-21-29(26(9-3)10-4)23-17-18-24-30(22-16-14-20-28)27(11-5)12-6/h1-6H. The fraction of sp³-hybridized carbons (Fsp3) is 0. The van der Waals surface area contributed by atoms with Crippen LogP contribution in [0.1, 0.15) is 0 Å². The van der Waals surface area contributed by atoms with Crippen LogP contribution in [0.15, 0.2) is 33.4 Å². The number of hydrogen-bond acceptors (Lipinski definition) is 0. The lowest BCUT2D eigenvalue weighted by atomic mass is 10.1. The van der Waals surface area contributed by atoms with Crippen LogP contribution >= 0.6 is 0 Å². The summed E-state index contributed by atoms with van der Waals surface area (Å²) in [6, 6.07) is 0. The molecule has 0 nitrogen and oxygen atoms in total. The van der Waals surface area contributed by atoms with Crippen LogP contribution in [0.25, 0.3) is 0 Å². The molecule has 0 aliphatic heterocycles. The predicted octanol–water partition coefficient (Wildman–Crippen LogP) is 1.71. The van der Waals surface area contributed by atoms with E-state index in [4.69, 9.17) is 38.5 Å². The molecule has 0 aromatic rings. The molecule has 0 unspecified atom stereocenters. The summed E-state index contributed by atoms with van der Waals surface area (Å²) in [4.78, 5) is 0. The number of allylic oxidation sites excluding steroid dienone is 6. The van der Waals surface area contributed by atoms with Gasteiger partial charge in [0.15, 0.2) is 0 Å². The Balaban J connectivity index is 3.98. The maximum Gasteiger partial charge on any atom is 0.101 e. The van der Waals surface area contributed by atoms with Crippen LogP contribution in [0.2, 0.25) is 0 Å². The molecule has 1 rings (SSSR count). The summed E-state index contributed by atoms with van der Waals surface area (Å²) in [5.74, 6) is 45.6. The molecule has 30 heavy (non-hydrogen) atoms. The lowest BCUT2D eigenvalue weighted by Gasteiger charge is -1.88. The van der Waals surface area contributed by atoms with Crippen molar-refractivity contribution in [1.29, 1.82) is 0 Å². The van der Waals surface area contributed by atoms with Gasteiger partial charge in [-0.1, -0.05) is 35.5 Å². The van der Waals surface area contributed by atoms with E-state index in [-0.39, 0.29) is 33.4 Å². The summed E-state index contributed by atoms with van der Waals surface area (Å²) in [5, 5.41) is 0. The largest absolute Gasteiger partial charge is 0.114 e. The Kier molecular flexibility index (Phi) is 9.03. The molecule has 126 valence electrons. The Bertz CT molecular complexity index is 1230. The van der Waals surface area contributed by atoms with Gasteiger partial charge in [-0.15, -0.1) is 38.5 Å². The molecule has 0 N–H and O–H groups in total. The van der Waals surface area contributed by atoms with E-state index in [2.05, 4.69) is 107 Å². The lowest BCUT2D eigenvalue weighted by molar-refractivity contribution is 1.76. The molecule has 0 radical (unpaired) electrons. The van der Waals surface area contributed by atoms with Gasteiger partial charge in [-0.05, 0) is 71.0 Å². The monoisotopic (exact) mass is 366 g/mol. The molecule has 0 heterocycles. The van der Waals surface area contributed by atoms with E-state index in [1.54, 1.807) is 0 Å². The summed E-state index contributed by atoms with van der Waals surface area (Å²) < 4.78 is 0. The van der Waals surface area contributed by atoms with Gasteiger partial charge in [0.2, 0.25) is 0 Å². The SMILES string of the molecule is C#CC(C#C)=C1C#CC#CC(=C(C#C)C#C)C#CC#CC(=C(C#C)C#C)C#CC#C1. The summed E-state index contributed by atoms with van der Waals surface area (Å²) in [7, 11) is 0. The molecular weight excluding hydrogens is 360 g/mol. The highest BCUT2D eigenvalue weighted by molar-refractivity contribution is 5.66. The van der Waals surface area contributed by atoms with Gasteiger partial charge in [-0.2, -0.15) is 0 Å². The summed E-state index contributed by atoms with van der Waals surface area (Å²) >= 11 is 0. The number of rotatable bonds is 0. The highest BCUT2D eigenvalue weighted by atomic mass is 14.0. The maximum absolute atomic E-state index is 5.39. The smallest absolute Gasteiger partial charge is 0.101 e. The van der Waals surface area contributed by atoms with Gasteiger partial charge in [0.1, 0.15) is 16.7 Å². The Morgan fingerprint density at radius 2 is 0.533 bits per heavy atom. The first-order valence-corrected chi connectivity index (χ1v) is 7.73. The predicted molar refractivity (Wildman–Crippen MR) is 121 cm³/mol. The Hall–Kier alpha value is -6.06. The molecule has 0 heteroatoms. The highest BCUT2D eigenvalue weighted by Crippen LogP contribution is 2.03. The van der Waals surface area contributed by atoms with E-state index >= 15 is 0 Å². The van der Waals surface area contributed by atoms with Crippen LogP contribution in [0.4, 0.5) is 0 Å². The Morgan fingerprint density at radius 1 is 0.367 bits per heavy atom. The van der Waals surface area contributed by atoms with Gasteiger partial charge < -0.3 is 0 Å². The van der Waals surface area contributed by atoms with Crippen molar-refractivity contribution in [3.05, 3.63) is 33.4 Å². The summed E-state index contributed by atoms with van der Waals surface area (Å²) in [5.41, 5.74) is 1.01. The van der Waals surface area contributed by atoms with Crippen molar-refractivity contribution in [2.24, 2.45) is 0 Å². The van der Waals surface area contributed by atoms with Crippen LogP contribution < -0.4 is 0 Å². The van der Waals surface area contributed by atoms with Gasteiger partial charge >= 0.3 is 0 Å². The van der Waals surface area contributed by atoms with Crippen molar-refractivity contribution in [2.75, 3.05) is 0 Å². The van der Waals surface area contributed by atoms with Gasteiger partial charge in [-0.25, -0.2) is 0 Å². The second kappa shape index (κ2) is 12.3. The molecule has 0 bridgehead atoms. The molecule has 0 aromatic heterocycles. The minimum Gasteiger partial charge on any atom is -0.114 e. The molecule has 1 aliphatic carbocycles. The fourth-order valence-corrected chi connectivity index (χ4v) is 1.59. The molecule has 0 aromatic carbocycles. The van der Waals surface area contributed by atoms with E-state index in [1.807, 2.05) is 0 Å². The van der Waals surface area contributed by atoms with Gasteiger partial charge in [0.05, 0.1) is 16.7 Å². The van der Waals surface area contributed by atoms with E-state index in [1.165, 1.54) is 0 Å². The lowest BCUT2D eigenvalue weighted by Crippen LogP contribution is -1.83. The molecular formula is C30H6. The normalized spacial score (nSPS) is 9.60. The first-order valence-electron chi connectivity index (χ1n) is 7.73. The second-order valence-corrected chi connectivity index (χ2v) is 4.62. The third-order valence-corrected chi connectivity index (χ3v) is 2.93. The van der Waals surface area contributed by atoms with E-state index in [0.29, 0.717) is 0 Å². The van der Waals surface area contributed by atoms with Crippen molar-refractivity contribution in [3.8, 4) is 145 Å². The number of terminal acetylenes is 6. The zero-order valence-corrected chi connectivity index (χ0v) is 15.5. The van der Waals surface area contributed by atoms with Crippen LogP contribution in [0.3, 0.4) is 0 Å². The van der Waals surface area contributed by atoms with Crippen molar-refractivity contribution in [3.63, 3.8) is 0 Å². The molecule has 0 fully saturated rings. The first-order chi connectivity index (χ1) is 14.6. The average Bonchev–Trinajstić information content (AvgIpc) is 2.77. The van der Waals surface area contributed by atoms with Crippen LogP contribution in [0, 0.1) is 145 Å². The fourth-order valence-electron chi connectivity index (χ4n) is 1.59. The Morgan fingerprint density at radius 3 is 0.667 bits per heavy atom. The Labute approximate surface area is 178 Å². The third kappa shape index (κ3) is 6.34. The molecule has 0 atom stereocenters. The molecule has 0 saturated heterocycles. The van der Waals surface area contributed by atoms with E-state index in [0.717, 1.165) is 0 Å². The average molecular weight is 366 g/mol. The van der Waals surface area contributed by atoms with E-state index < -0.39 is 0 Å². The van der Waals surface area contributed by atoms with Crippen molar-refractivity contribution < 1.29 is 0 Å². The minimum absolute atomic E-state index is 0.148. The topological polar surface area (TPSA) is 0 Å². The molecule has 0 amide bonds. The van der Waals surface area contributed by atoms with Crippen LogP contribution in [-0.4, -0.2) is 0 Å².